The zero-order chi connectivity index (χ0) is 23.4. The zero-order valence-corrected chi connectivity index (χ0v) is 18.8. The number of rotatable bonds is 7. The first-order valence-electron chi connectivity index (χ1n) is 10.6. The largest absolute Gasteiger partial charge is 0.493 e. The van der Waals surface area contributed by atoms with Crippen LogP contribution in [0.15, 0.2) is 66.7 Å². The molecule has 1 aliphatic heterocycles. The van der Waals surface area contributed by atoms with Crippen molar-refractivity contribution < 1.29 is 23.8 Å². The summed E-state index contributed by atoms with van der Waals surface area (Å²) in [5.74, 6) is 0.823. The Labute approximate surface area is 193 Å². The number of ether oxygens (including phenoxy) is 3. The second-order valence-corrected chi connectivity index (χ2v) is 7.56. The van der Waals surface area contributed by atoms with E-state index in [1.807, 2.05) is 36.4 Å². The fraction of sp³-hybridized carbons (Fsp3) is 0.185. The molecule has 4 rings (SSSR count). The van der Waals surface area contributed by atoms with E-state index in [2.05, 4.69) is 0 Å². The van der Waals surface area contributed by atoms with Crippen molar-refractivity contribution in [1.82, 2.24) is 4.90 Å². The minimum atomic E-state index is -0.330. The predicted octanol–water partition coefficient (Wildman–Crippen LogP) is 4.48. The molecule has 2 amide bonds. The lowest BCUT2D eigenvalue weighted by Gasteiger charge is -2.29. The molecule has 6 heteroatoms. The van der Waals surface area contributed by atoms with Crippen LogP contribution in [-0.2, 0) is 11.2 Å². The van der Waals surface area contributed by atoms with Gasteiger partial charge in [0.25, 0.3) is 11.8 Å². The molecule has 6 nitrogen and oxygen atoms in total. The summed E-state index contributed by atoms with van der Waals surface area (Å²) in [7, 11) is 4.62. The van der Waals surface area contributed by atoms with Crippen molar-refractivity contribution in [2.75, 3.05) is 27.9 Å². The molecule has 3 aromatic rings. The number of imide groups is 1. The van der Waals surface area contributed by atoms with E-state index in [4.69, 9.17) is 14.2 Å². The summed E-state index contributed by atoms with van der Waals surface area (Å²) in [6, 6.07) is 20.5. The Bertz CT molecular complexity index is 1190. The Morgan fingerprint density at radius 1 is 0.758 bits per heavy atom. The van der Waals surface area contributed by atoms with Gasteiger partial charge in [-0.1, -0.05) is 48.5 Å². The van der Waals surface area contributed by atoms with Crippen molar-refractivity contribution in [1.29, 1.82) is 0 Å². The molecular formula is C27H25NO5. The van der Waals surface area contributed by atoms with Crippen molar-refractivity contribution in [2.24, 2.45) is 0 Å². The molecule has 0 radical (unpaired) electrons. The van der Waals surface area contributed by atoms with E-state index in [0.29, 0.717) is 52.5 Å². The number of fused-ring (bicyclic) bond motifs is 1. The highest BCUT2D eigenvalue weighted by Crippen LogP contribution is 2.40. The number of carbonyl (C=O) groups excluding carboxylic acids is 2. The van der Waals surface area contributed by atoms with Gasteiger partial charge in [-0.2, -0.15) is 0 Å². The summed E-state index contributed by atoms with van der Waals surface area (Å²) in [6.07, 6.45) is 2.34. The maximum absolute atomic E-state index is 13.5. The van der Waals surface area contributed by atoms with Crippen molar-refractivity contribution in [2.45, 2.75) is 6.42 Å². The first kappa shape index (κ1) is 22.1. The van der Waals surface area contributed by atoms with Gasteiger partial charge in [0.05, 0.1) is 21.3 Å². The van der Waals surface area contributed by atoms with Crippen LogP contribution in [0, 0.1) is 0 Å². The molecule has 0 spiro atoms. The Morgan fingerprint density at radius 3 is 1.97 bits per heavy atom. The van der Waals surface area contributed by atoms with Crippen LogP contribution in [0.4, 0.5) is 0 Å². The van der Waals surface area contributed by atoms with E-state index >= 15 is 0 Å². The van der Waals surface area contributed by atoms with Crippen molar-refractivity contribution in [3.05, 3.63) is 89.0 Å². The molecule has 0 atom stereocenters. The lowest BCUT2D eigenvalue weighted by atomic mass is 9.91. The molecule has 0 aliphatic carbocycles. The number of hydrogen-bond acceptors (Lipinski definition) is 5. The quantitative estimate of drug-likeness (QED) is 0.398. The summed E-state index contributed by atoms with van der Waals surface area (Å²) in [6.45, 7) is 0.294. The number of methoxy groups -OCH3 is 3. The van der Waals surface area contributed by atoms with Gasteiger partial charge in [0.15, 0.2) is 11.5 Å². The molecular weight excluding hydrogens is 418 g/mol. The number of benzene rings is 3. The second-order valence-electron chi connectivity index (χ2n) is 7.56. The van der Waals surface area contributed by atoms with E-state index in [9.17, 15) is 9.59 Å². The van der Waals surface area contributed by atoms with Crippen molar-refractivity contribution in [3.8, 4) is 17.2 Å². The third-order valence-corrected chi connectivity index (χ3v) is 5.63. The average molecular weight is 443 g/mol. The Balaban J connectivity index is 1.77. The smallest absolute Gasteiger partial charge is 0.261 e. The van der Waals surface area contributed by atoms with Gasteiger partial charge in [0, 0.05) is 17.7 Å². The Kier molecular flexibility index (Phi) is 6.45. The van der Waals surface area contributed by atoms with Crippen LogP contribution >= 0.6 is 0 Å². The minimum Gasteiger partial charge on any atom is -0.493 e. The first-order valence-corrected chi connectivity index (χ1v) is 10.6. The molecule has 168 valence electrons. The molecule has 0 N–H and O–H groups in total. The van der Waals surface area contributed by atoms with Gasteiger partial charge in [-0.15, -0.1) is 0 Å². The van der Waals surface area contributed by atoms with Gasteiger partial charge in [-0.05, 0) is 47.4 Å². The lowest BCUT2D eigenvalue weighted by molar-refractivity contribution is -0.122. The third-order valence-electron chi connectivity index (χ3n) is 5.63. The highest BCUT2D eigenvalue weighted by Gasteiger charge is 2.34. The fourth-order valence-corrected chi connectivity index (χ4v) is 3.98. The molecule has 33 heavy (non-hydrogen) atoms. The summed E-state index contributed by atoms with van der Waals surface area (Å²) in [5, 5.41) is 0. The van der Waals surface area contributed by atoms with E-state index in [1.54, 1.807) is 50.6 Å². The summed E-state index contributed by atoms with van der Waals surface area (Å²) in [5.41, 5.74) is 3.31. The van der Waals surface area contributed by atoms with Crippen LogP contribution in [0.5, 0.6) is 17.2 Å². The first-order chi connectivity index (χ1) is 16.1. The predicted molar refractivity (Wildman–Crippen MR) is 127 cm³/mol. The molecule has 1 heterocycles. The van der Waals surface area contributed by atoms with Crippen LogP contribution in [0.25, 0.3) is 11.6 Å². The van der Waals surface area contributed by atoms with Gasteiger partial charge in [0.1, 0.15) is 0 Å². The number of nitrogens with zero attached hydrogens (tertiary/aromatic N) is 1. The maximum atomic E-state index is 13.5. The lowest BCUT2D eigenvalue weighted by Crippen LogP contribution is -2.42. The maximum Gasteiger partial charge on any atom is 0.261 e. The van der Waals surface area contributed by atoms with Crippen LogP contribution in [0.2, 0.25) is 0 Å². The van der Waals surface area contributed by atoms with Gasteiger partial charge >= 0.3 is 0 Å². The molecule has 0 saturated carbocycles. The SMILES string of the molecule is COc1cc(/C=C2\C(=O)N(CCc3ccccc3)C(=O)c3ccccc32)cc(OC)c1OC. The molecule has 0 aromatic heterocycles. The van der Waals surface area contributed by atoms with Crippen LogP contribution in [-0.4, -0.2) is 44.6 Å². The third kappa shape index (κ3) is 4.32. The monoisotopic (exact) mass is 443 g/mol. The standard InChI is InChI=1S/C27H25NO5/c1-31-23-16-19(17-24(32-2)25(23)33-3)15-22-20-11-7-8-12-21(20)26(29)28(27(22)30)14-13-18-9-5-4-6-10-18/h4-12,15-17H,13-14H2,1-3H3/b22-15-. The average Bonchev–Trinajstić information content (AvgIpc) is 2.86. The molecule has 0 unspecified atom stereocenters. The fourth-order valence-electron chi connectivity index (χ4n) is 3.98. The topological polar surface area (TPSA) is 65.1 Å². The molecule has 0 bridgehead atoms. The summed E-state index contributed by atoms with van der Waals surface area (Å²) in [4.78, 5) is 28.0. The highest BCUT2D eigenvalue weighted by molar-refractivity contribution is 6.33. The summed E-state index contributed by atoms with van der Waals surface area (Å²) < 4.78 is 16.3. The molecule has 0 fully saturated rings. The van der Waals surface area contributed by atoms with E-state index in [1.165, 1.54) is 12.0 Å². The summed E-state index contributed by atoms with van der Waals surface area (Å²) >= 11 is 0. The molecule has 3 aromatic carbocycles. The highest BCUT2D eigenvalue weighted by atomic mass is 16.5. The molecule has 1 aliphatic rings. The van der Waals surface area contributed by atoms with Crippen LogP contribution < -0.4 is 14.2 Å². The Hall–Kier alpha value is -4.06. The number of amides is 2. The zero-order valence-electron chi connectivity index (χ0n) is 18.8. The van der Waals surface area contributed by atoms with Gasteiger partial charge in [-0.25, -0.2) is 0 Å². The van der Waals surface area contributed by atoms with Gasteiger partial charge in [0.2, 0.25) is 5.75 Å². The van der Waals surface area contributed by atoms with E-state index < -0.39 is 0 Å². The molecule has 0 saturated heterocycles. The van der Waals surface area contributed by atoms with E-state index in [-0.39, 0.29) is 11.8 Å². The minimum absolute atomic E-state index is 0.284. The van der Waals surface area contributed by atoms with Crippen molar-refractivity contribution >= 4 is 23.5 Å². The number of hydrogen-bond donors (Lipinski definition) is 0. The van der Waals surface area contributed by atoms with E-state index in [0.717, 1.165) is 5.56 Å². The van der Waals surface area contributed by atoms with Gasteiger partial charge in [-0.3, -0.25) is 14.5 Å². The Morgan fingerprint density at radius 2 is 1.36 bits per heavy atom. The van der Waals surface area contributed by atoms with Gasteiger partial charge < -0.3 is 14.2 Å². The van der Waals surface area contributed by atoms with Crippen LogP contribution in [0.3, 0.4) is 0 Å². The number of carbonyl (C=O) groups is 2. The van der Waals surface area contributed by atoms with Crippen molar-refractivity contribution in [3.63, 3.8) is 0 Å². The second kappa shape index (κ2) is 9.61. The van der Waals surface area contributed by atoms with Crippen LogP contribution in [0.1, 0.15) is 27.0 Å². The normalized spacial score (nSPS) is 14.3.